The van der Waals surface area contributed by atoms with Gasteiger partial charge in [-0.3, -0.25) is 0 Å². The smallest absolute Gasteiger partial charge is 0.321 e. The van der Waals surface area contributed by atoms with E-state index in [0.29, 0.717) is 6.61 Å². The molecule has 4 nitrogen and oxygen atoms in total. The van der Waals surface area contributed by atoms with Gasteiger partial charge in [0.2, 0.25) is 0 Å². The second-order valence-electron chi connectivity index (χ2n) is 4.43. The Kier molecular flexibility index (Phi) is 13.5. The summed E-state index contributed by atoms with van der Waals surface area (Å²) in [5, 5.41) is 0. The number of rotatable bonds is 13. The van der Waals surface area contributed by atoms with E-state index >= 15 is 0 Å². The van der Waals surface area contributed by atoms with E-state index in [0.717, 1.165) is 45.1 Å². The Morgan fingerprint density at radius 3 is 2.11 bits per heavy atom. The third kappa shape index (κ3) is 11.2. The topological polar surface area (TPSA) is 36.9 Å². The van der Waals surface area contributed by atoms with E-state index < -0.39 is 9.28 Å². The molecular formula is C13H30O4Si. The lowest BCUT2D eigenvalue weighted by atomic mass is 10.4. The molecule has 110 valence electrons. The predicted molar refractivity (Wildman–Crippen MR) is 76.3 cm³/mol. The van der Waals surface area contributed by atoms with E-state index in [1.165, 1.54) is 0 Å². The van der Waals surface area contributed by atoms with Crippen LogP contribution in [0.3, 0.4) is 0 Å². The Labute approximate surface area is 114 Å². The van der Waals surface area contributed by atoms with E-state index in [1.54, 1.807) is 7.11 Å². The largest absolute Gasteiger partial charge is 0.397 e. The zero-order chi connectivity index (χ0) is 13.6. The van der Waals surface area contributed by atoms with Crippen LogP contribution in [0.5, 0.6) is 0 Å². The molecule has 0 aromatic carbocycles. The summed E-state index contributed by atoms with van der Waals surface area (Å²) < 4.78 is 22.2. The minimum Gasteiger partial charge on any atom is -0.397 e. The van der Waals surface area contributed by atoms with Crippen LogP contribution in [0.25, 0.3) is 0 Å². The minimum absolute atomic E-state index is 0.172. The molecule has 0 saturated heterocycles. The first-order valence-electron chi connectivity index (χ1n) is 7.08. The van der Waals surface area contributed by atoms with Gasteiger partial charge in [0, 0.05) is 26.9 Å². The minimum atomic E-state index is -1.45. The molecule has 0 saturated carbocycles. The molecule has 0 N–H and O–H groups in total. The van der Waals surface area contributed by atoms with E-state index in [4.69, 9.17) is 18.3 Å². The lowest BCUT2D eigenvalue weighted by Gasteiger charge is -2.16. The van der Waals surface area contributed by atoms with Crippen molar-refractivity contribution in [3.05, 3.63) is 0 Å². The van der Waals surface area contributed by atoms with Crippen LogP contribution in [0.1, 0.15) is 40.0 Å². The highest BCUT2D eigenvalue weighted by Crippen LogP contribution is 2.04. The van der Waals surface area contributed by atoms with Gasteiger partial charge < -0.3 is 18.3 Å². The first kappa shape index (κ1) is 18.1. The Morgan fingerprint density at radius 2 is 1.61 bits per heavy atom. The number of hydrogen-bond acceptors (Lipinski definition) is 4. The molecule has 18 heavy (non-hydrogen) atoms. The van der Waals surface area contributed by atoms with Gasteiger partial charge in [-0.1, -0.05) is 13.8 Å². The van der Waals surface area contributed by atoms with Crippen molar-refractivity contribution < 1.29 is 18.3 Å². The maximum Gasteiger partial charge on any atom is 0.321 e. The van der Waals surface area contributed by atoms with Crippen molar-refractivity contribution in [2.45, 2.75) is 52.2 Å². The molecule has 0 radical (unpaired) electrons. The van der Waals surface area contributed by atoms with Gasteiger partial charge >= 0.3 is 9.28 Å². The molecule has 0 amide bonds. The lowest BCUT2D eigenvalue weighted by Crippen LogP contribution is -2.24. The van der Waals surface area contributed by atoms with Crippen LogP contribution in [0.2, 0.25) is 6.04 Å². The lowest BCUT2D eigenvalue weighted by molar-refractivity contribution is 0.0184. The average molecular weight is 278 g/mol. The molecule has 0 heterocycles. The zero-order valence-corrected chi connectivity index (χ0v) is 13.6. The van der Waals surface area contributed by atoms with Gasteiger partial charge in [0.15, 0.2) is 0 Å². The monoisotopic (exact) mass is 278 g/mol. The van der Waals surface area contributed by atoms with Crippen LogP contribution in [-0.4, -0.2) is 48.9 Å². The number of ether oxygens (including phenoxy) is 2. The molecule has 0 aliphatic carbocycles. The molecule has 0 aliphatic heterocycles. The van der Waals surface area contributed by atoms with Crippen LogP contribution >= 0.6 is 0 Å². The van der Waals surface area contributed by atoms with Crippen molar-refractivity contribution in [3.63, 3.8) is 0 Å². The summed E-state index contributed by atoms with van der Waals surface area (Å²) in [5.74, 6) is 0. The molecule has 5 heteroatoms. The van der Waals surface area contributed by atoms with Crippen molar-refractivity contribution >= 4 is 9.28 Å². The highest BCUT2D eigenvalue weighted by molar-refractivity contribution is 6.44. The summed E-state index contributed by atoms with van der Waals surface area (Å²) in [7, 11) is 0.248. The van der Waals surface area contributed by atoms with E-state index in [-0.39, 0.29) is 6.10 Å². The fourth-order valence-corrected chi connectivity index (χ4v) is 3.31. The maximum absolute atomic E-state index is 5.78. The fourth-order valence-electron chi connectivity index (χ4n) is 1.38. The van der Waals surface area contributed by atoms with Gasteiger partial charge in [0.25, 0.3) is 0 Å². The third-order valence-corrected chi connectivity index (χ3v) is 4.59. The maximum atomic E-state index is 5.78. The zero-order valence-electron chi connectivity index (χ0n) is 12.4. The molecule has 0 fully saturated rings. The molecule has 0 rings (SSSR count). The van der Waals surface area contributed by atoms with Crippen molar-refractivity contribution in [2.75, 3.05) is 33.5 Å². The first-order chi connectivity index (χ1) is 8.74. The normalized spacial score (nSPS) is 13.2. The van der Waals surface area contributed by atoms with E-state index in [2.05, 4.69) is 13.8 Å². The highest BCUT2D eigenvalue weighted by Gasteiger charge is 2.12. The van der Waals surface area contributed by atoms with E-state index in [9.17, 15) is 0 Å². The number of methoxy groups -OCH3 is 1. The molecule has 0 spiro atoms. The predicted octanol–water partition coefficient (Wildman–Crippen LogP) is 2.50. The summed E-state index contributed by atoms with van der Waals surface area (Å²) in [4.78, 5) is 0. The molecule has 0 bridgehead atoms. The van der Waals surface area contributed by atoms with Crippen molar-refractivity contribution in [3.8, 4) is 0 Å². The van der Waals surface area contributed by atoms with Crippen LogP contribution in [0, 0.1) is 0 Å². The van der Waals surface area contributed by atoms with Gasteiger partial charge in [-0.25, -0.2) is 0 Å². The van der Waals surface area contributed by atoms with Crippen molar-refractivity contribution in [1.82, 2.24) is 0 Å². The van der Waals surface area contributed by atoms with Gasteiger partial charge in [0.05, 0.1) is 12.7 Å². The van der Waals surface area contributed by atoms with Gasteiger partial charge in [0.1, 0.15) is 0 Å². The molecule has 0 aliphatic rings. The first-order valence-corrected chi connectivity index (χ1v) is 8.84. The van der Waals surface area contributed by atoms with Crippen molar-refractivity contribution in [1.29, 1.82) is 0 Å². The summed E-state index contributed by atoms with van der Waals surface area (Å²) in [6, 6.07) is 1.03. The fraction of sp³-hybridized carbons (Fsp3) is 1.00. The Hall–Kier alpha value is 0.0569. The Morgan fingerprint density at radius 1 is 1.00 bits per heavy atom. The average Bonchev–Trinajstić information content (AvgIpc) is 2.40. The van der Waals surface area contributed by atoms with Gasteiger partial charge in [-0.05, 0) is 32.2 Å². The third-order valence-electron chi connectivity index (χ3n) is 2.50. The van der Waals surface area contributed by atoms with Crippen LogP contribution in [-0.2, 0) is 18.3 Å². The van der Waals surface area contributed by atoms with Gasteiger partial charge in [-0.15, -0.1) is 0 Å². The molecule has 0 aromatic rings. The second kappa shape index (κ2) is 13.5. The summed E-state index contributed by atoms with van der Waals surface area (Å²) in [5.41, 5.74) is 0. The summed E-state index contributed by atoms with van der Waals surface area (Å²) >= 11 is 0. The van der Waals surface area contributed by atoms with Crippen molar-refractivity contribution in [2.24, 2.45) is 0 Å². The van der Waals surface area contributed by atoms with E-state index in [1.807, 2.05) is 6.92 Å². The molecular weight excluding hydrogens is 248 g/mol. The Balaban J connectivity index is 3.54. The SMILES string of the molecule is CCCO[SiH](CCCOCC(C)OC)OCCC. The molecule has 0 aromatic heterocycles. The summed E-state index contributed by atoms with van der Waals surface area (Å²) in [6.07, 6.45) is 3.30. The Bertz CT molecular complexity index is 161. The van der Waals surface area contributed by atoms with Crippen LogP contribution < -0.4 is 0 Å². The number of hydrogen-bond donors (Lipinski definition) is 0. The second-order valence-corrected chi connectivity index (χ2v) is 6.54. The molecule has 1 atom stereocenters. The summed E-state index contributed by atoms with van der Waals surface area (Å²) in [6.45, 7) is 9.33. The van der Waals surface area contributed by atoms with Gasteiger partial charge in [-0.2, -0.15) is 0 Å². The molecule has 1 unspecified atom stereocenters. The quantitative estimate of drug-likeness (QED) is 0.383. The van der Waals surface area contributed by atoms with Crippen LogP contribution in [0.15, 0.2) is 0 Å². The standard InChI is InChI=1S/C13H30O4Si/c1-5-8-16-18(17-9-6-2)11-7-10-15-12-13(3)14-4/h13,18H,5-12H2,1-4H3. The van der Waals surface area contributed by atoms with Crippen LogP contribution in [0.4, 0.5) is 0 Å². The highest BCUT2D eigenvalue weighted by atomic mass is 28.3.